The molecule has 0 saturated heterocycles. The number of benzene rings is 1. The molecule has 4 aliphatic rings. The fraction of sp³-hybridized carbons (Fsp3) is 0.524. The Morgan fingerprint density at radius 2 is 1.79 bits per heavy atom. The first-order valence-electron chi connectivity index (χ1n) is 9.70. The van der Waals surface area contributed by atoms with Crippen molar-refractivity contribution >= 4 is 61.2 Å². The Morgan fingerprint density at radius 1 is 1.18 bits per heavy atom. The molecule has 0 aliphatic heterocycles. The molecule has 4 bridgehead atoms. The van der Waals surface area contributed by atoms with Gasteiger partial charge < -0.3 is 10.1 Å². The summed E-state index contributed by atoms with van der Waals surface area (Å²) in [6.45, 7) is 0. The first kappa shape index (κ1) is 20.4. The molecule has 4 saturated carbocycles. The maximum atomic E-state index is 12.4. The molecule has 4 fully saturated rings. The minimum absolute atomic E-state index is 0.0984. The van der Waals surface area contributed by atoms with Crippen LogP contribution in [0.5, 0.6) is 5.75 Å². The highest BCUT2D eigenvalue weighted by Crippen LogP contribution is 2.55. The average Bonchev–Trinajstić information content (AvgIpc) is 2.57. The first-order valence-corrected chi connectivity index (χ1v) is 11.7. The molecule has 0 heterocycles. The van der Waals surface area contributed by atoms with Gasteiger partial charge in [-0.2, -0.15) is 0 Å². The molecule has 150 valence electrons. The summed E-state index contributed by atoms with van der Waals surface area (Å²) < 4.78 is 7.14. The Balaban J connectivity index is 1.38. The lowest BCUT2D eigenvalue weighted by Gasteiger charge is -2.57. The molecule has 2 N–H and O–H groups in total. The number of carbonyl (C=O) groups excluding carboxylic acids is 1. The zero-order valence-corrected chi connectivity index (χ0v) is 19.8. The van der Waals surface area contributed by atoms with Crippen LogP contribution in [0.15, 0.2) is 27.2 Å². The van der Waals surface area contributed by atoms with E-state index in [1.54, 1.807) is 13.2 Å². The van der Waals surface area contributed by atoms with Gasteiger partial charge in [0, 0.05) is 21.7 Å². The van der Waals surface area contributed by atoms with Gasteiger partial charge in [0.2, 0.25) is 5.91 Å². The fourth-order valence-corrected chi connectivity index (χ4v) is 7.51. The Morgan fingerprint density at radius 3 is 2.36 bits per heavy atom. The third-order valence-electron chi connectivity index (χ3n) is 6.31. The van der Waals surface area contributed by atoms with Crippen molar-refractivity contribution < 1.29 is 9.53 Å². The number of hydrogen-bond acceptors (Lipinski definition) is 3. The standard InChI is InChI=1S/C21H24Br2N2O2S/c1-27-19-15(7-16(22)8-17(19)23)2-3-18(26)24-20(28)25-21-9-12-4-13(10-21)6-14(5-12)11-21/h2-3,7-8,12-14H,4-6,9-11H2,1H3,(H2,24,25,26,28). The molecular formula is C21H24Br2N2O2S. The number of methoxy groups -OCH3 is 1. The molecule has 0 spiro atoms. The fourth-order valence-electron chi connectivity index (χ4n) is 5.77. The van der Waals surface area contributed by atoms with Gasteiger partial charge in [0.05, 0.1) is 11.6 Å². The van der Waals surface area contributed by atoms with E-state index in [0.717, 1.165) is 32.3 Å². The predicted octanol–water partition coefficient (Wildman–Crippen LogP) is 5.19. The van der Waals surface area contributed by atoms with Crippen molar-refractivity contribution in [2.75, 3.05) is 7.11 Å². The number of ether oxygens (including phenoxy) is 1. The summed E-state index contributed by atoms with van der Waals surface area (Å²) in [6, 6.07) is 3.81. The van der Waals surface area contributed by atoms with Gasteiger partial charge in [-0.3, -0.25) is 10.1 Å². The van der Waals surface area contributed by atoms with Crippen molar-refractivity contribution in [3.63, 3.8) is 0 Å². The van der Waals surface area contributed by atoms with E-state index < -0.39 is 0 Å². The molecule has 5 rings (SSSR count). The zero-order valence-electron chi connectivity index (χ0n) is 15.8. The highest BCUT2D eigenvalue weighted by molar-refractivity contribution is 9.11. The van der Waals surface area contributed by atoms with E-state index in [2.05, 4.69) is 42.5 Å². The van der Waals surface area contributed by atoms with Gasteiger partial charge >= 0.3 is 0 Å². The van der Waals surface area contributed by atoms with Gasteiger partial charge in [-0.25, -0.2) is 0 Å². The lowest BCUT2D eigenvalue weighted by Crippen LogP contribution is -2.61. The lowest BCUT2D eigenvalue weighted by atomic mass is 9.53. The van der Waals surface area contributed by atoms with Crippen LogP contribution in [0.1, 0.15) is 44.1 Å². The minimum atomic E-state index is -0.236. The summed E-state index contributed by atoms with van der Waals surface area (Å²) in [7, 11) is 1.61. The molecule has 0 aromatic heterocycles. The summed E-state index contributed by atoms with van der Waals surface area (Å²) in [5.41, 5.74) is 0.903. The van der Waals surface area contributed by atoms with Crippen LogP contribution in [0.25, 0.3) is 6.08 Å². The third kappa shape index (κ3) is 4.31. The van der Waals surface area contributed by atoms with Crippen LogP contribution in [-0.4, -0.2) is 23.7 Å². The number of carbonyl (C=O) groups is 1. The average molecular weight is 528 g/mol. The molecule has 1 aromatic carbocycles. The second kappa shape index (κ2) is 8.07. The van der Waals surface area contributed by atoms with Crippen molar-refractivity contribution in [2.45, 2.75) is 44.1 Å². The van der Waals surface area contributed by atoms with Gasteiger partial charge in [-0.1, -0.05) is 15.9 Å². The Labute approximate surface area is 188 Å². The van der Waals surface area contributed by atoms with Gasteiger partial charge in [0.1, 0.15) is 5.75 Å². The van der Waals surface area contributed by atoms with Crippen LogP contribution in [0.2, 0.25) is 0 Å². The second-order valence-electron chi connectivity index (χ2n) is 8.48. The van der Waals surface area contributed by atoms with Crippen LogP contribution in [0.4, 0.5) is 0 Å². The van der Waals surface area contributed by atoms with Gasteiger partial charge in [0.15, 0.2) is 5.11 Å². The van der Waals surface area contributed by atoms with Crippen LogP contribution in [-0.2, 0) is 4.79 Å². The summed E-state index contributed by atoms with van der Waals surface area (Å²) >= 11 is 12.4. The highest BCUT2D eigenvalue weighted by Gasteiger charge is 2.51. The van der Waals surface area contributed by atoms with Crippen LogP contribution >= 0.6 is 44.1 Å². The monoisotopic (exact) mass is 526 g/mol. The van der Waals surface area contributed by atoms with E-state index >= 15 is 0 Å². The normalized spacial score (nSPS) is 30.5. The number of amides is 1. The molecule has 4 nitrogen and oxygen atoms in total. The van der Waals surface area contributed by atoms with Crippen molar-refractivity contribution in [1.29, 1.82) is 0 Å². The molecule has 4 aliphatic carbocycles. The predicted molar refractivity (Wildman–Crippen MR) is 122 cm³/mol. The summed E-state index contributed by atoms with van der Waals surface area (Å²) in [6.07, 6.45) is 10.9. The SMILES string of the molecule is COc1c(Br)cc(Br)cc1C=CC(=O)NC(=S)NC12CC3CC(CC(C3)C1)C2. The van der Waals surface area contributed by atoms with Crippen molar-refractivity contribution in [3.05, 3.63) is 32.7 Å². The maximum absolute atomic E-state index is 12.4. The van der Waals surface area contributed by atoms with E-state index in [1.807, 2.05) is 12.1 Å². The van der Waals surface area contributed by atoms with E-state index in [0.29, 0.717) is 10.9 Å². The summed E-state index contributed by atoms with van der Waals surface area (Å²) in [5, 5.41) is 6.79. The van der Waals surface area contributed by atoms with Gasteiger partial charge in [-0.15, -0.1) is 0 Å². The van der Waals surface area contributed by atoms with E-state index in [-0.39, 0.29) is 11.4 Å². The van der Waals surface area contributed by atoms with E-state index in [1.165, 1.54) is 44.6 Å². The molecule has 0 radical (unpaired) electrons. The Hall–Kier alpha value is -0.920. The highest BCUT2D eigenvalue weighted by atomic mass is 79.9. The van der Waals surface area contributed by atoms with Crippen molar-refractivity contribution in [1.82, 2.24) is 10.6 Å². The Kier molecular flexibility index (Phi) is 5.87. The number of halogens is 2. The number of nitrogens with one attached hydrogen (secondary N) is 2. The largest absolute Gasteiger partial charge is 0.495 e. The zero-order chi connectivity index (χ0) is 19.9. The number of rotatable bonds is 4. The molecule has 0 atom stereocenters. The number of thiocarbonyl (C=S) groups is 1. The summed E-state index contributed by atoms with van der Waals surface area (Å²) in [4.78, 5) is 12.4. The summed E-state index contributed by atoms with van der Waals surface area (Å²) in [5.74, 6) is 2.95. The van der Waals surface area contributed by atoms with E-state index in [4.69, 9.17) is 17.0 Å². The molecule has 0 unspecified atom stereocenters. The van der Waals surface area contributed by atoms with Crippen LogP contribution in [0, 0.1) is 17.8 Å². The van der Waals surface area contributed by atoms with Crippen molar-refractivity contribution in [2.24, 2.45) is 17.8 Å². The van der Waals surface area contributed by atoms with Crippen LogP contribution in [0.3, 0.4) is 0 Å². The molecule has 1 amide bonds. The van der Waals surface area contributed by atoms with Gasteiger partial charge in [-0.05, 0) is 103 Å². The van der Waals surface area contributed by atoms with Crippen LogP contribution < -0.4 is 15.4 Å². The number of hydrogen-bond donors (Lipinski definition) is 2. The minimum Gasteiger partial charge on any atom is -0.495 e. The smallest absolute Gasteiger partial charge is 0.250 e. The topological polar surface area (TPSA) is 50.4 Å². The Bertz CT molecular complexity index is 805. The lowest BCUT2D eigenvalue weighted by molar-refractivity contribution is -0.115. The third-order valence-corrected chi connectivity index (χ3v) is 7.56. The second-order valence-corrected chi connectivity index (χ2v) is 10.7. The maximum Gasteiger partial charge on any atom is 0.250 e. The first-order chi connectivity index (χ1) is 13.4. The van der Waals surface area contributed by atoms with E-state index in [9.17, 15) is 4.79 Å². The quantitative estimate of drug-likeness (QED) is 0.417. The van der Waals surface area contributed by atoms with Gasteiger partial charge in [0.25, 0.3) is 0 Å². The molecule has 7 heteroatoms. The van der Waals surface area contributed by atoms with Crippen molar-refractivity contribution in [3.8, 4) is 5.75 Å². The molecular weight excluding hydrogens is 504 g/mol. The molecule has 1 aromatic rings. The molecule has 28 heavy (non-hydrogen) atoms.